The Hall–Kier alpha value is -1.03. The van der Waals surface area contributed by atoms with Gasteiger partial charge < -0.3 is 9.84 Å². The van der Waals surface area contributed by atoms with Gasteiger partial charge >= 0.3 is 0 Å². The standard InChI is InChI=1S/C13H22N2O2/c1-10-12(8-9-16)13(17-2)15(14-10)11-6-4-3-5-7-11/h11,16H,3-9H2,1-2H3. The quantitative estimate of drug-likeness (QED) is 0.875. The summed E-state index contributed by atoms with van der Waals surface area (Å²) in [7, 11) is 1.69. The average molecular weight is 238 g/mol. The number of rotatable bonds is 4. The Bertz CT molecular complexity index is 368. The van der Waals surface area contributed by atoms with Crippen LogP contribution in [0.4, 0.5) is 0 Å². The average Bonchev–Trinajstić information content (AvgIpc) is 2.68. The highest BCUT2D eigenvalue weighted by Crippen LogP contribution is 2.33. The van der Waals surface area contributed by atoms with Crippen LogP contribution in [0, 0.1) is 6.92 Å². The summed E-state index contributed by atoms with van der Waals surface area (Å²) in [4.78, 5) is 0. The first-order valence-electron chi connectivity index (χ1n) is 6.50. The molecular weight excluding hydrogens is 216 g/mol. The van der Waals surface area contributed by atoms with E-state index in [-0.39, 0.29) is 6.61 Å². The zero-order chi connectivity index (χ0) is 12.3. The molecule has 0 bridgehead atoms. The van der Waals surface area contributed by atoms with E-state index in [2.05, 4.69) is 5.10 Å². The molecule has 1 aromatic rings. The first-order valence-corrected chi connectivity index (χ1v) is 6.50. The van der Waals surface area contributed by atoms with Crippen molar-refractivity contribution in [1.82, 2.24) is 9.78 Å². The zero-order valence-corrected chi connectivity index (χ0v) is 10.8. The number of hydrogen-bond donors (Lipinski definition) is 1. The van der Waals surface area contributed by atoms with Crippen molar-refractivity contribution in [3.8, 4) is 5.88 Å². The summed E-state index contributed by atoms with van der Waals surface area (Å²) in [6, 6.07) is 0.477. The van der Waals surface area contributed by atoms with Crippen LogP contribution in [0.1, 0.15) is 49.4 Å². The Labute approximate surface area is 103 Å². The monoisotopic (exact) mass is 238 g/mol. The molecule has 1 aliphatic rings. The second-order valence-corrected chi connectivity index (χ2v) is 4.78. The molecule has 4 nitrogen and oxygen atoms in total. The van der Waals surface area contributed by atoms with Crippen molar-refractivity contribution in [3.63, 3.8) is 0 Å². The van der Waals surface area contributed by atoms with Crippen molar-refractivity contribution in [3.05, 3.63) is 11.3 Å². The molecule has 4 heteroatoms. The van der Waals surface area contributed by atoms with Crippen LogP contribution in [-0.2, 0) is 6.42 Å². The third kappa shape index (κ3) is 2.46. The molecule has 0 unspecified atom stereocenters. The first-order chi connectivity index (χ1) is 8.27. The van der Waals surface area contributed by atoms with E-state index in [1.54, 1.807) is 7.11 Å². The first kappa shape index (κ1) is 12.4. The maximum Gasteiger partial charge on any atom is 0.215 e. The number of nitrogens with zero attached hydrogens (tertiary/aromatic N) is 2. The van der Waals surface area contributed by atoms with Crippen molar-refractivity contribution in [2.75, 3.05) is 13.7 Å². The molecule has 1 saturated carbocycles. The molecule has 1 fully saturated rings. The molecule has 0 atom stereocenters. The molecule has 2 rings (SSSR count). The summed E-state index contributed by atoms with van der Waals surface area (Å²) in [6.45, 7) is 2.14. The van der Waals surface area contributed by atoms with E-state index in [9.17, 15) is 0 Å². The molecule has 0 aromatic carbocycles. The Balaban J connectivity index is 2.29. The van der Waals surface area contributed by atoms with Crippen molar-refractivity contribution in [1.29, 1.82) is 0 Å². The molecule has 0 saturated heterocycles. The minimum absolute atomic E-state index is 0.146. The normalized spacial score (nSPS) is 17.4. The number of methoxy groups -OCH3 is 1. The molecule has 17 heavy (non-hydrogen) atoms. The summed E-state index contributed by atoms with van der Waals surface area (Å²) >= 11 is 0. The van der Waals surface area contributed by atoms with Crippen molar-refractivity contribution in [2.45, 2.75) is 51.5 Å². The lowest BCUT2D eigenvalue weighted by Gasteiger charge is -2.23. The summed E-state index contributed by atoms with van der Waals surface area (Å²) in [5.41, 5.74) is 2.04. The topological polar surface area (TPSA) is 47.3 Å². The Kier molecular flexibility index (Phi) is 4.05. The van der Waals surface area contributed by atoms with Gasteiger partial charge in [-0.3, -0.25) is 0 Å². The minimum atomic E-state index is 0.146. The van der Waals surface area contributed by atoms with Crippen LogP contribution in [0.2, 0.25) is 0 Å². The number of hydrogen-bond acceptors (Lipinski definition) is 3. The molecule has 0 radical (unpaired) electrons. The minimum Gasteiger partial charge on any atom is -0.481 e. The van der Waals surface area contributed by atoms with Crippen molar-refractivity contribution in [2.24, 2.45) is 0 Å². The number of aliphatic hydroxyl groups excluding tert-OH is 1. The Morgan fingerprint density at radius 2 is 2.06 bits per heavy atom. The lowest BCUT2D eigenvalue weighted by atomic mass is 9.96. The molecule has 0 spiro atoms. The number of aryl methyl sites for hydroxylation is 1. The van der Waals surface area contributed by atoms with Gasteiger partial charge in [-0.1, -0.05) is 19.3 Å². The second kappa shape index (κ2) is 5.54. The zero-order valence-electron chi connectivity index (χ0n) is 10.8. The van der Waals surface area contributed by atoms with Gasteiger partial charge in [-0.15, -0.1) is 0 Å². The van der Waals surface area contributed by atoms with E-state index in [4.69, 9.17) is 9.84 Å². The summed E-state index contributed by atoms with van der Waals surface area (Å²) in [5.74, 6) is 0.850. The molecule has 1 N–H and O–H groups in total. The fraction of sp³-hybridized carbons (Fsp3) is 0.769. The second-order valence-electron chi connectivity index (χ2n) is 4.78. The Morgan fingerprint density at radius 1 is 1.35 bits per heavy atom. The largest absolute Gasteiger partial charge is 0.481 e. The SMILES string of the molecule is COc1c(CCO)c(C)nn1C1CCCCC1. The van der Waals surface area contributed by atoms with E-state index < -0.39 is 0 Å². The van der Waals surface area contributed by atoms with Gasteiger partial charge in [0.15, 0.2) is 0 Å². The summed E-state index contributed by atoms with van der Waals surface area (Å²) in [6.07, 6.45) is 6.90. The van der Waals surface area contributed by atoms with Gasteiger partial charge in [-0.2, -0.15) is 5.10 Å². The van der Waals surface area contributed by atoms with E-state index in [1.807, 2.05) is 11.6 Å². The number of ether oxygens (including phenoxy) is 1. The van der Waals surface area contributed by atoms with Crippen LogP contribution in [0.15, 0.2) is 0 Å². The van der Waals surface area contributed by atoms with Crippen molar-refractivity contribution >= 4 is 0 Å². The van der Waals surface area contributed by atoms with Gasteiger partial charge in [-0.05, 0) is 19.8 Å². The highest BCUT2D eigenvalue weighted by Gasteiger charge is 2.23. The number of aromatic nitrogens is 2. The molecule has 1 aromatic heterocycles. The van der Waals surface area contributed by atoms with Crippen LogP contribution in [0.5, 0.6) is 5.88 Å². The van der Waals surface area contributed by atoms with Crippen molar-refractivity contribution < 1.29 is 9.84 Å². The van der Waals surface area contributed by atoms with Crippen LogP contribution < -0.4 is 4.74 Å². The molecule has 0 aliphatic heterocycles. The fourth-order valence-corrected chi connectivity index (χ4v) is 2.75. The Morgan fingerprint density at radius 3 is 2.65 bits per heavy atom. The van der Waals surface area contributed by atoms with E-state index in [0.29, 0.717) is 12.5 Å². The van der Waals surface area contributed by atoms with Gasteiger partial charge in [0, 0.05) is 18.6 Å². The third-order valence-corrected chi connectivity index (χ3v) is 3.64. The molecular formula is C13H22N2O2. The fourth-order valence-electron chi connectivity index (χ4n) is 2.75. The summed E-state index contributed by atoms with van der Waals surface area (Å²) in [5, 5.41) is 13.7. The molecule has 0 amide bonds. The smallest absolute Gasteiger partial charge is 0.215 e. The third-order valence-electron chi connectivity index (χ3n) is 3.64. The predicted molar refractivity (Wildman–Crippen MR) is 66.4 cm³/mol. The van der Waals surface area contributed by atoms with E-state index in [1.165, 1.54) is 32.1 Å². The van der Waals surface area contributed by atoms with E-state index in [0.717, 1.165) is 17.1 Å². The van der Waals surface area contributed by atoms with Gasteiger partial charge in [-0.25, -0.2) is 4.68 Å². The maximum atomic E-state index is 9.09. The van der Waals surface area contributed by atoms with Gasteiger partial charge in [0.2, 0.25) is 5.88 Å². The lowest BCUT2D eigenvalue weighted by molar-refractivity contribution is 0.273. The van der Waals surface area contributed by atoms with Crippen LogP contribution in [0.25, 0.3) is 0 Å². The van der Waals surface area contributed by atoms with Gasteiger partial charge in [0.1, 0.15) is 0 Å². The highest BCUT2D eigenvalue weighted by atomic mass is 16.5. The van der Waals surface area contributed by atoms with Gasteiger partial charge in [0.25, 0.3) is 0 Å². The van der Waals surface area contributed by atoms with Crippen LogP contribution in [0.3, 0.4) is 0 Å². The van der Waals surface area contributed by atoms with Crippen LogP contribution in [-0.4, -0.2) is 28.6 Å². The number of aliphatic hydroxyl groups is 1. The van der Waals surface area contributed by atoms with Crippen LogP contribution >= 0.6 is 0 Å². The van der Waals surface area contributed by atoms with Gasteiger partial charge in [0.05, 0.1) is 18.8 Å². The molecule has 96 valence electrons. The maximum absolute atomic E-state index is 9.09. The molecule has 1 heterocycles. The van der Waals surface area contributed by atoms with E-state index >= 15 is 0 Å². The summed E-state index contributed by atoms with van der Waals surface area (Å²) < 4.78 is 7.53. The molecule has 1 aliphatic carbocycles. The lowest BCUT2D eigenvalue weighted by Crippen LogP contribution is -2.15. The predicted octanol–water partition coefficient (Wildman–Crippen LogP) is 2.24. The highest BCUT2D eigenvalue weighted by molar-refractivity contribution is 5.31.